The van der Waals surface area contributed by atoms with E-state index in [4.69, 9.17) is 4.74 Å². The molecule has 1 aliphatic carbocycles. The average Bonchev–Trinajstić information content (AvgIpc) is 3.47. The van der Waals surface area contributed by atoms with Crippen LogP contribution in [0.2, 0.25) is 0 Å². The summed E-state index contributed by atoms with van der Waals surface area (Å²) in [6.07, 6.45) is 2.73. The minimum atomic E-state index is -0.382. The van der Waals surface area contributed by atoms with E-state index >= 15 is 0 Å². The number of amides is 2. The van der Waals surface area contributed by atoms with Gasteiger partial charge in [0.05, 0.1) is 6.04 Å². The third-order valence-electron chi connectivity index (χ3n) is 6.14. The molecule has 5 nitrogen and oxygen atoms in total. The van der Waals surface area contributed by atoms with Crippen molar-refractivity contribution in [3.8, 4) is 5.75 Å². The second-order valence-corrected chi connectivity index (χ2v) is 10.6. The van der Waals surface area contributed by atoms with E-state index in [0.29, 0.717) is 13.2 Å². The minimum Gasteiger partial charge on any atom is -0.491 e. The molecule has 1 saturated carbocycles. The molecule has 1 atom stereocenters. The Morgan fingerprint density at radius 2 is 1.87 bits per heavy atom. The fraction of sp³-hybridized carbons (Fsp3) is 0.520. The molecule has 2 heterocycles. The monoisotopic (exact) mass is 440 g/mol. The quantitative estimate of drug-likeness (QED) is 0.660. The van der Waals surface area contributed by atoms with Gasteiger partial charge in [0.1, 0.15) is 18.9 Å². The maximum absolute atomic E-state index is 13.5. The highest BCUT2D eigenvalue weighted by Gasteiger charge is 2.40. The number of aryl methyl sites for hydroxylation is 1. The van der Waals surface area contributed by atoms with Gasteiger partial charge >= 0.3 is 0 Å². The van der Waals surface area contributed by atoms with E-state index in [0.717, 1.165) is 25.0 Å². The highest BCUT2D eigenvalue weighted by molar-refractivity contribution is 7.10. The van der Waals surface area contributed by atoms with E-state index in [9.17, 15) is 9.59 Å². The molecule has 2 amide bonds. The van der Waals surface area contributed by atoms with Crippen LogP contribution in [0.4, 0.5) is 0 Å². The van der Waals surface area contributed by atoms with Gasteiger partial charge in [0.15, 0.2) is 0 Å². The Kier molecular flexibility index (Phi) is 6.11. The van der Waals surface area contributed by atoms with Crippen molar-refractivity contribution in [1.82, 2.24) is 9.80 Å². The van der Waals surface area contributed by atoms with Crippen LogP contribution in [0.3, 0.4) is 0 Å². The van der Waals surface area contributed by atoms with Crippen molar-refractivity contribution >= 4 is 23.2 Å². The van der Waals surface area contributed by atoms with Crippen LogP contribution in [0.25, 0.3) is 0 Å². The van der Waals surface area contributed by atoms with E-state index in [-0.39, 0.29) is 35.9 Å². The molecular weight excluding hydrogens is 408 g/mol. The Bertz CT molecular complexity index is 940. The summed E-state index contributed by atoms with van der Waals surface area (Å²) in [4.78, 5) is 31.4. The number of rotatable bonds is 6. The Balaban J connectivity index is 1.52. The lowest BCUT2D eigenvalue weighted by Gasteiger charge is -2.40. The van der Waals surface area contributed by atoms with E-state index < -0.39 is 0 Å². The van der Waals surface area contributed by atoms with E-state index in [1.54, 1.807) is 16.2 Å². The Morgan fingerprint density at radius 3 is 2.52 bits per heavy atom. The molecule has 0 N–H and O–H groups in total. The highest BCUT2D eigenvalue weighted by Crippen LogP contribution is 2.36. The van der Waals surface area contributed by atoms with E-state index in [1.165, 1.54) is 16.0 Å². The summed E-state index contributed by atoms with van der Waals surface area (Å²) in [7, 11) is 0. The number of benzene rings is 1. The summed E-state index contributed by atoms with van der Waals surface area (Å²) < 4.78 is 6.11. The molecule has 1 aromatic carbocycles. The first-order valence-electron chi connectivity index (χ1n) is 11.1. The van der Waals surface area contributed by atoms with Gasteiger partial charge < -0.3 is 14.5 Å². The zero-order chi connectivity index (χ0) is 22.2. The van der Waals surface area contributed by atoms with Crippen molar-refractivity contribution < 1.29 is 14.3 Å². The molecule has 166 valence electrons. The predicted molar refractivity (Wildman–Crippen MR) is 123 cm³/mol. The predicted octanol–water partition coefficient (Wildman–Crippen LogP) is 4.60. The number of thiophene rings is 1. The molecule has 0 radical (unpaired) electrons. The zero-order valence-corrected chi connectivity index (χ0v) is 19.7. The van der Waals surface area contributed by atoms with Gasteiger partial charge in [-0.1, -0.05) is 17.7 Å². The number of hydrogen-bond acceptors (Lipinski definition) is 4. The Hall–Kier alpha value is -2.34. The summed E-state index contributed by atoms with van der Waals surface area (Å²) >= 11 is 1.74. The highest BCUT2D eigenvalue weighted by atomic mass is 32.1. The molecule has 1 aliphatic heterocycles. The summed E-state index contributed by atoms with van der Waals surface area (Å²) in [5.74, 6) is 1.01. The van der Waals surface area contributed by atoms with Gasteiger partial charge in [-0.15, -0.1) is 11.3 Å². The van der Waals surface area contributed by atoms with Crippen molar-refractivity contribution in [3.63, 3.8) is 0 Å². The van der Waals surface area contributed by atoms with Crippen molar-refractivity contribution in [2.24, 2.45) is 5.92 Å². The van der Waals surface area contributed by atoms with Crippen LogP contribution >= 0.6 is 11.3 Å². The topological polar surface area (TPSA) is 49.9 Å². The fourth-order valence-electron chi connectivity index (χ4n) is 4.11. The van der Waals surface area contributed by atoms with Crippen molar-refractivity contribution in [2.75, 3.05) is 19.7 Å². The summed E-state index contributed by atoms with van der Waals surface area (Å²) in [6.45, 7) is 9.25. The van der Waals surface area contributed by atoms with Gasteiger partial charge in [0.2, 0.25) is 11.8 Å². The summed E-state index contributed by atoms with van der Waals surface area (Å²) in [6, 6.07) is 9.96. The number of nitrogens with zero attached hydrogens (tertiary/aromatic N) is 2. The van der Waals surface area contributed by atoms with E-state index in [1.807, 2.05) is 56.9 Å². The minimum absolute atomic E-state index is 0.00159. The first-order valence-corrected chi connectivity index (χ1v) is 12.0. The van der Waals surface area contributed by atoms with Gasteiger partial charge in [-0.05, 0) is 76.1 Å². The second-order valence-electron chi connectivity index (χ2n) is 9.65. The third-order valence-corrected chi connectivity index (χ3v) is 7.14. The van der Waals surface area contributed by atoms with Crippen molar-refractivity contribution in [3.05, 3.63) is 51.7 Å². The number of ether oxygens (including phenoxy) is 1. The molecule has 0 spiro atoms. The standard InChI is InChI=1S/C25H32N2O3S/c1-17-5-9-19(10-6-17)30-16-21-20-12-14-31-22(20)11-13-26(21)23(28)15-27(25(2,3)4)24(29)18-7-8-18/h5-6,9-10,12,14,18,21H,7-8,11,13,15-16H2,1-4H3/t21-/m0/s1. The first kappa shape index (κ1) is 21.9. The molecule has 1 aromatic heterocycles. The number of fused-ring (bicyclic) bond motifs is 1. The van der Waals surface area contributed by atoms with Crippen molar-refractivity contribution in [1.29, 1.82) is 0 Å². The normalized spacial score (nSPS) is 18.5. The van der Waals surface area contributed by atoms with Crippen LogP contribution in [-0.4, -0.2) is 46.8 Å². The fourth-order valence-corrected chi connectivity index (χ4v) is 5.03. The summed E-state index contributed by atoms with van der Waals surface area (Å²) in [5, 5.41) is 2.09. The molecule has 0 unspecified atom stereocenters. The van der Waals surface area contributed by atoms with Crippen LogP contribution in [-0.2, 0) is 16.0 Å². The van der Waals surface area contributed by atoms with Crippen LogP contribution in [0.5, 0.6) is 5.75 Å². The molecule has 6 heteroatoms. The molecule has 31 heavy (non-hydrogen) atoms. The van der Waals surface area contributed by atoms with Crippen LogP contribution in [0, 0.1) is 12.8 Å². The number of carbonyl (C=O) groups excluding carboxylic acids is 2. The average molecular weight is 441 g/mol. The molecule has 4 rings (SSSR count). The van der Waals surface area contributed by atoms with Gasteiger partial charge in [0, 0.05) is 22.9 Å². The van der Waals surface area contributed by atoms with Crippen LogP contribution in [0.15, 0.2) is 35.7 Å². The maximum atomic E-state index is 13.5. The molecule has 2 aromatic rings. The lowest BCUT2D eigenvalue weighted by Crippen LogP contribution is -2.53. The number of hydrogen-bond donors (Lipinski definition) is 0. The lowest BCUT2D eigenvalue weighted by atomic mass is 9.99. The van der Waals surface area contributed by atoms with Crippen molar-refractivity contribution in [2.45, 2.75) is 58.5 Å². The zero-order valence-electron chi connectivity index (χ0n) is 18.9. The first-order chi connectivity index (χ1) is 14.7. The Morgan fingerprint density at radius 1 is 1.16 bits per heavy atom. The van der Waals surface area contributed by atoms with E-state index in [2.05, 4.69) is 11.4 Å². The van der Waals surface area contributed by atoms with Gasteiger partial charge in [0.25, 0.3) is 0 Å². The molecule has 2 aliphatic rings. The molecule has 0 bridgehead atoms. The van der Waals surface area contributed by atoms with Gasteiger partial charge in [-0.25, -0.2) is 0 Å². The van der Waals surface area contributed by atoms with Gasteiger partial charge in [-0.2, -0.15) is 0 Å². The largest absolute Gasteiger partial charge is 0.491 e. The second kappa shape index (κ2) is 8.65. The number of carbonyl (C=O) groups is 2. The smallest absolute Gasteiger partial charge is 0.242 e. The van der Waals surface area contributed by atoms with Crippen LogP contribution < -0.4 is 4.74 Å². The molecule has 1 fully saturated rings. The maximum Gasteiger partial charge on any atom is 0.242 e. The van der Waals surface area contributed by atoms with Crippen LogP contribution in [0.1, 0.15) is 55.7 Å². The Labute approximate surface area is 189 Å². The summed E-state index contributed by atoms with van der Waals surface area (Å²) in [5.41, 5.74) is 1.98. The SMILES string of the molecule is Cc1ccc(OC[C@H]2c3ccsc3CCN2C(=O)CN(C(=O)C2CC2)C(C)(C)C)cc1. The molecule has 0 saturated heterocycles. The van der Waals surface area contributed by atoms with Gasteiger partial charge in [-0.3, -0.25) is 9.59 Å². The molecular formula is C25H32N2O3S. The lowest BCUT2D eigenvalue weighted by molar-refractivity contribution is -0.147. The third kappa shape index (κ3) is 4.95.